The fourth-order valence-corrected chi connectivity index (χ4v) is 3.82. The predicted molar refractivity (Wildman–Crippen MR) is 73.9 cm³/mol. The molecule has 1 fully saturated rings. The first-order valence-corrected chi connectivity index (χ1v) is 7.09. The van der Waals surface area contributed by atoms with Crippen molar-refractivity contribution in [2.75, 3.05) is 7.11 Å². The molecule has 2 unspecified atom stereocenters. The van der Waals surface area contributed by atoms with E-state index < -0.39 is 5.54 Å². The minimum absolute atomic E-state index is 0.314. The van der Waals surface area contributed by atoms with Gasteiger partial charge < -0.3 is 10.5 Å². The Morgan fingerprint density at radius 3 is 2.94 bits per heavy atom. The third-order valence-electron chi connectivity index (χ3n) is 3.23. The van der Waals surface area contributed by atoms with Crippen molar-refractivity contribution >= 4 is 29.3 Å². The highest BCUT2D eigenvalue weighted by molar-refractivity contribution is 8.00. The van der Waals surface area contributed by atoms with Crippen LogP contribution in [0, 0.1) is 0 Å². The fraction of sp³-hybridized carbons (Fsp3) is 0.462. The maximum Gasteiger partial charge on any atom is 0.325 e. The molecule has 0 aromatic heterocycles. The predicted octanol–water partition coefficient (Wildman–Crippen LogP) is 2.86. The van der Waals surface area contributed by atoms with E-state index in [0.717, 1.165) is 16.3 Å². The number of rotatable bonds is 3. The quantitative estimate of drug-likeness (QED) is 0.868. The molecule has 1 aromatic carbocycles. The van der Waals surface area contributed by atoms with E-state index in [2.05, 4.69) is 0 Å². The van der Waals surface area contributed by atoms with E-state index in [4.69, 9.17) is 22.1 Å². The molecule has 18 heavy (non-hydrogen) atoms. The standard InChI is InChI=1S/C13H16ClNO2S/c1-17-12(16)13(15)7-6-9(8-13)18-11-5-3-2-4-10(11)14/h2-5,9H,6-8,15H2,1H3. The van der Waals surface area contributed by atoms with Crippen molar-refractivity contribution in [1.82, 2.24) is 0 Å². The molecule has 0 spiro atoms. The van der Waals surface area contributed by atoms with Gasteiger partial charge in [0.05, 0.1) is 12.1 Å². The molecule has 2 N–H and O–H groups in total. The number of thioether (sulfide) groups is 1. The second-order valence-electron chi connectivity index (χ2n) is 4.56. The SMILES string of the molecule is COC(=O)C1(N)CCC(Sc2ccccc2Cl)C1. The minimum atomic E-state index is -0.826. The Kier molecular flexibility index (Phi) is 4.20. The summed E-state index contributed by atoms with van der Waals surface area (Å²) in [6.07, 6.45) is 2.21. The Balaban J connectivity index is 2.02. The fourth-order valence-electron chi connectivity index (χ4n) is 2.24. The number of carbonyl (C=O) groups excluding carboxylic acids is 1. The van der Waals surface area contributed by atoms with Crippen molar-refractivity contribution in [3.63, 3.8) is 0 Å². The summed E-state index contributed by atoms with van der Waals surface area (Å²) in [4.78, 5) is 12.7. The normalized spacial score (nSPS) is 27.2. The van der Waals surface area contributed by atoms with Crippen molar-refractivity contribution < 1.29 is 9.53 Å². The highest BCUT2D eigenvalue weighted by Crippen LogP contribution is 2.41. The van der Waals surface area contributed by atoms with Crippen molar-refractivity contribution in [3.05, 3.63) is 29.3 Å². The van der Waals surface area contributed by atoms with E-state index in [1.807, 2.05) is 24.3 Å². The van der Waals surface area contributed by atoms with Gasteiger partial charge >= 0.3 is 5.97 Å². The van der Waals surface area contributed by atoms with Gasteiger partial charge in [-0.25, -0.2) is 0 Å². The molecule has 0 aliphatic heterocycles. The molecule has 2 rings (SSSR count). The molecule has 1 saturated carbocycles. The molecule has 2 atom stereocenters. The van der Waals surface area contributed by atoms with Crippen LogP contribution in [0.5, 0.6) is 0 Å². The second-order valence-corrected chi connectivity index (χ2v) is 6.31. The molecule has 0 heterocycles. The molecule has 1 aromatic rings. The van der Waals surface area contributed by atoms with Crippen LogP contribution in [0.25, 0.3) is 0 Å². The zero-order valence-corrected chi connectivity index (χ0v) is 11.8. The minimum Gasteiger partial charge on any atom is -0.468 e. The van der Waals surface area contributed by atoms with E-state index in [-0.39, 0.29) is 5.97 Å². The van der Waals surface area contributed by atoms with E-state index in [1.54, 1.807) is 11.8 Å². The van der Waals surface area contributed by atoms with Crippen LogP contribution in [0.2, 0.25) is 5.02 Å². The lowest BCUT2D eigenvalue weighted by Gasteiger charge is -2.20. The van der Waals surface area contributed by atoms with Crippen LogP contribution in [0.1, 0.15) is 19.3 Å². The van der Waals surface area contributed by atoms with Crippen LogP contribution < -0.4 is 5.73 Å². The number of hydrogen-bond acceptors (Lipinski definition) is 4. The lowest BCUT2D eigenvalue weighted by molar-refractivity contribution is -0.146. The third-order valence-corrected chi connectivity index (χ3v) is 5.01. The zero-order chi connectivity index (χ0) is 13.2. The largest absolute Gasteiger partial charge is 0.468 e. The number of esters is 1. The summed E-state index contributed by atoms with van der Waals surface area (Å²) in [5.74, 6) is -0.315. The van der Waals surface area contributed by atoms with Gasteiger partial charge in [-0.1, -0.05) is 23.7 Å². The highest BCUT2D eigenvalue weighted by atomic mass is 35.5. The topological polar surface area (TPSA) is 52.3 Å². The number of carbonyl (C=O) groups is 1. The van der Waals surface area contributed by atoms with Gasteiger partial charge in [-0.15, -0.1) is 11.8 Å². The summed E-state index contributed by atoms with van der Waals surface area (Å²) in [6, 6.07) is 7.72. The zero-order valence-electron chi connectivity index (χ0n) is 10.2. The molecular weight excluding hydrogens is 270 g/mol. The van der Waals surface area contributed by atoms with Crippen molar-refractivity contribution in [3.8, 4) is 0 Å². The van der Waals surface area contributed by atoms with Crippen molar-refractivity contribution in [2.24, 2.45) is 5.73 Å². The van der Waals surface area contributed by atoms with Crippen LogP contribution in [0.15, 0.2) is 29.2 Å². The Morgan fingerprint density at radius 2 is 2.28 bits per heavy atom. The maximum absolute atomic E-state index is 11.6. The molecule has 0 saturated heterocycles. The van der Waals surface area contributed by atoms with Crippen LogP contribution in [-0.2, 0) is 9.53 Å². The monoisotopic (exact) mass is 285 g/mol. The number of ether oxygens (including phenoxy) is 1. The second kappa shape index (κ2) is 5.51. The van der Waals surface area contributed by atoms with Gasteiger partial charge in [-0.3, -0.25) is 4.79 Å². The molecular formula is C13H16ClNO2S. The maximum atomic E-state index is 11.6. The number of hydrogen-bond donors (Lipinski definition) is 1. The van der Waals surface area contributed by atoms with Gasteiger partial charge in [0.1, 0.15) is 5.54 Å². The lowest BCUT2D eigenvalue weighted by Crippen LogP contribution is -2.46. The van der Waals surface area contributed by atoms with Gasteiger partial charge in [0, 0.05) is 10.1 Å². The van der Waals surface area contributed by atoms with Gasteiger partial charge in [0.15, 0.2) is 0 Å². The summed E-state index contributed by atoms with van der Waals surface area (Å²) in [5.41, 5.74) is 5.25. The third kappa shape index (κ3) is 2.82. The number of benzene rings is 1. The van der Waals surface area contributed by atoms with Gasteiger partial charge in [0.2, 0.25) is 0 Å². The van der Waals surface area contributed by atoms with E-state index in [9.17, 15) is 4.79 Å². The summed E-state index contributed by atoms with van der Waals surface area (Å²) in [6.45, 7) is 0. The number of methoxy groups -OCH3 is 1. The summed E-state index contributed by atoms with van der Waals surface area (Å²) in [5, 5.41) is 1.06. The highest BCUT2D eigenvalue weighted by Gasteiger charge is 2.43. The summed E-state index contributed by atoms with van der Waals surface area (Å²) < 4.78 is 4.76. The first kappa shape index (κ1) is 13.7. The lowest BCUT2D eigenvalue weighted by atomic mass is 10.00. The van der Waals surface area contributed by atoms with Gasteiger partial charge in [0.25, 0.3) is 0 Å². The molecule has 5 heteroatoms. The Bertz CT molecular complexity index is 454. The summed E-state index contributed by atoms with van der Waals surface area (Å²) >= 11 is 7.81. The van der Waals surface area contributed by atoms with E-state index >= 15 is 0 Å². The Hall–Kier alpha value is -0.710. The van der Waals surface area contributed by atoms with E-state index in [1.165, 1.54) is 7.11 Å². The van der Waals surface area contributed by atoms with Crippen LogP contribution in [0.3, 0.4) is 0 Å². The number of halogens is 1. The van der Waals surface area contributed by atoms with Crippen LogP contribution in [0.4, 0.5) is 0 Å². The first-order valence-electron chi connectivity index (χ1n) is 5.83. The molecule has 0 radical (unpaired) electrons. The molecule has 0 amide bonds. The van der Waals surface area contributed by atoms with Crippen molar-refractivity contribution in [1.29, 1.82) is 0 Å². The number of nitrogens with two attached hydrogens (primary N) is 1. The Morgan fingerprint density at radius 1 is 1.56 bits per heavy atom. The first-order chi connectivity index (χ1) is 8.55. The van der Waals surface area contributed by atoms with Crippen LogP contribution >= 0.6 is 23.4 Å². The van der Waals surface area contributed by atoms with E-state index in [0.29, 0.717) is 18.1 Å². The molecule has 3 nitrogen and oxygen atoms in total. The average molecular weight is 286 g/mol. The smallest absolute Gasteiger partial charge is 0.325 e. The molecule has 0 bridgehead atoms. The molecule has 1 aliphatic rings. The van der Waals surface area contributed by atoms with Gasteiger partial charge in [-0.2, -0.15) is 0 Å². The van der Waals surface area contributed by atoms with Crippen molar-refractivity contribution in [2.45, 2.75) is 34.9 Å². The Labute approximate surface area is 116 Å². The molecule has 1 aliphatic carbocycles. The average Bonchev–Trinajstić information content (AvgIpc) is 2.74. The van der Waals surface area contributed by atoms with Crippen LogP contribution in [-0.4, -0.2) is 23.9 Å². The van der Waals surface area contributed by atoms with Gasteiger partial charge in [-0.05, 0) is 31.4 Å². The molecule has 98 valence electrons. The summed E-state index contributed by atoms with van der Waals surface area (Å²) in [7, 11) is 1.38.